The summed E-state index contributed by atoms with van der Waals surface area (Å²) in [6.07, 6.45) is 3.22. The number of hydrogen-bond donors (Lipinski definition) is 1. The van der Waals surface area contributed by atoms with Gasteiger partial charge in [0, 0.05) is 6.61 Å². The first-order chi connectivity index (χ1) is 10.6. The Balaban J connectivity index is 1.84. The van der Waals surface area contributed by atoms with E-state index in [2.05, 4.69) is 5.32 Å². The van der Waals surface area contributed by atoms with Crippen LogP contribution in [0.15, 0.2) is 41.0 Å². The van der Waals surface area contributed by atoms with E-state index in [1.54, 1.807) is 25.1 Å². The lowest BCUT2D eigenvalue weighted by Crippen LogP contribution is -2.36. The number of benzene rings is 1. The second kappa shape index (κ2) is 6.32. The number of aryl methyl sites for hydroxylation is 1. The van der Waals surface area contributed by atoms with Gasteiger partial charge in [-0.25, -0.2) is 4.39 Å². The first kappa shape index (κ1) is 14.8. The highest BCUT2D eigenvalue weighted by molar-refractivity contribution is 5.95. The van der Waals surface area contributed by atoms with E-state index in [1.165, 1.54) is 18.4 Å². The Bertz CT molecular complexity index is 644. The van der Waals surface area contributed by atoms with Gasteiger partial charge in [-0.1, -0.05) is 12.1 Å². The summed E-state index contributed by atoms with van der Waals surface area (Å²) in [6, 6.07) is 7.50. The van der Waals surface area contributed by atoms with Crippen molar-refractivity contribution in [3.8, 4) is 0 Å². The minimum Gasteiger partial charge on any atom is -0.469 e. The molecule has 2 atom stereocenters. The van der Waals surface area contributed by atoms with Crippen molar-refractivity contribution in [3.63, 3.8) is 0 Å². The van der Waals surface area contributed by atoms with Crippen LogP contribution in [0.2, 0.25) is 0 Å². The van der Waals surface area contributed by atoms with Gasteiger partial charge in [0.1, 0.15) is 11.6 Å². The molecule has 2 heterocycles. The Hall–Kier alpha value is -2.14. The van der Waals surface area contributed by atoms with Crippen molar-refractivity contribution in [1.82, 2.24) is 5.32 Å². The first-order valence-electron chi connectivity index (χ1n) is 7.37. The predicted molar refractivity (Wildman–Crippen MR) is 79.0 cm³/mol. The molecule has 0 spiro atoms. The Morgan fingerprint density at radius 3 is 2.68 bits per heavy atom. The molecular formula is C17H18FNO3. The average Bonchev–Trinajstić information content (AvgIpc) is 3.17. The normalized spacial score (nSPS) is 19.1. The monoisotopic (exact) mass is 303 g/mol. The van der Waals surface area contributed by atoms with Crippen LogP contribution in [0.4, 0.5) is 4.39 Å². The molecule has 0 saturated carbocycles. The zero-order valence-electron chi connectivity index (χ0n) is 12.3. The zero-order chi connectivity index (χ0) is 15.5. The van der Waals surface area contributed by atoms with Crippen molar-refractivity contribution in [3.05, 3.63) is 59.3 Å². The average molecular weight is 303 g/mol. The van der Waals surface area contributed by atoms with Crippen molar-refractivity contribution < 1.29 is 18.3 Å². The van der Waals surface area contributed by atoms with E-state index in [0.717, 1.165) is 18.4 Å². The van der Waals surface area contributed by atoms with E-state index < -0.39 is 0 Å². The smallest absolute Gasteiger partial charge is 0.255 e. The molecule has 3 rings (SSSR count). The number of hydrogen-bond acceptors (Lipinski definition) is 3. The number of rotatable bonds is 4. The van der Waals surface area contributed by atoms with Gasteiger partial charge in [-0.15, -0.1) is 0 Å². The first-order valence-corrected chi connectivity index (χ1v) is 7.37. The van der Waals surface area contributed by atoms with Crippen LogP contribution in [0.1, 0.15) is 40.6 Å². The maximum atomic E-state index is 13.1. The molecule has 5 heteroatoms. The number of nitrogens with one attached hydrogen (secondary N) is 1. The Morgan fingerprint density at radius 1 is 1.32 bits per heavy atom. The van der Waals surface area contributed by atoms with Crippen molar-refractivity contribution in [2.24, 2.45) is 0 Å². The van der Waals surface area contributed by atoms with E-state index in [4.69, 9.17) is 9.15 Å². The minimum absolute atomic E-state index is 0.0957. The standard InChI is InChI=1S/C17H18FNO3/c1-11-14(8-10-21-11)17(20)19-16(15-3-2-9-22-15)12-4-6-13(18)7-5-12/h4-8,10,15-16H,2-3,9H2,1H3,(H,19,20)/t15-,16+/m0/s1. The maximum Gasteiger partial charge on any atom is 0.255 e. The lowest BCUT2D eigenvalue weighted by molar-refractivity contribution is 0.0671. The molecule has 0 aliphatic carbocycles. The van der Waals surface area contributed by atoms with Gasteiger partial charge in [0.2, 0.25) is 0 Å². The summed E-state index contributed by atoms with van der Waals surface area (Å²) in [5.41, 5.74) is 1.34. The molecule has 1 saturated heterocycles. The third kappa shape index (κ3) is 3.04. The topological polar surface area (TPSA) is 51.5 Å². The van der Waals surface area contributed by atoms with E-state index in [9.17, 15) is 9.18 Å². The number of carbonyl (C=O) groups is 1. The fraction of sp³-hybridized carbons (Fsp3) is 0.353. The van der Waals surface area contributed by atoms with Crippen LogP contribution in [-0.2, 0) is 4.74 Å². The van der Waals surface area contributed by atoms with E-state index in [1.807, 2.05) is 0 Å². The quantitative estimate of drug-likeness (QED) is 0.942. The lowest BCUT2D eigenvalue weighted by atomic mass is 9.98. The molecule has 1 aliphatic rings. The van der Waals surface area contributed by atoms with Crippen LogP contribution in [0, 0.1) is 12.7 Å². The Kier molecular flexibility index (Phi) is 4.24. The van der Waals surface area contributed by atoms with Crippen molar-refractivity contribution in [2.75, 3.05) is 6.61 Å². The molecule has 1 N–H and O–H groups in total. The lowest BCUT2D eigenvalue weighted by Gasteiger charge is -2.24. The molecule has 116 valence electrons. The number of halogens is 1. The molecular weight excluding hydrogens is 285 g/mol. The highest BCUT2D eigenvalue weighted by Gasteiger charge is 2.29. The van der Waals surface area contributed by atoms with E-state index in [-0.39, 0.29) is 23.9 Å². The van der Waals surface area contributed by atoms with Crippen molar-refractivity contribution in [2.45, 2.75) is 31.9 Å². The van der Waals surface area contributed by atoms with Crippen LogP contribution in [0.5, 0.6) is 0 Å². The third-order valence-corrected chi connectivity index (χ3v) is 3.96. The Morgan fingerprint density at radius 2 is 2.09 bits per heavy atom. The van der Waals surface area contributed by atoms with Crippen LogP contribution in [0.3, 0.4) is 0 Å². The largest absolute Gasteiger partial charge is 0.469 e. The van der Waals surface area contributed by atoms with Crippen LogP contribution in [-0.4, -0.2) is 18.6 Å². The van der Waals surface area contributed by atoms with Crippen molar-refractivity contribution >= 4 is 5.91 Å². The van der Waals surface area contributed by atoms with E-state index >= 15 is 0 Å². The molecule has 0 bridgehead atoms. The van der Waals surface area contributed by atoms with Gasteiger partial charge in [0.05, 0.1) is 24.0 Å². The fourth-order valence-electron chi connectivity index (χ4n) is 2.77. The summed E-state index contributed by atoms with van der Waals surface area (Å²) in [5.74, 6) is 0.0608. The molecule has 1 fully saturated rings. The molecule has 1 aromatic carbocycles. The van der Waals surface area contributed by atoms with Gasteiger partial charge in [-0.05, 0) is 43.5 Å². The summed E-state index contributed by atoms with van der Waals surface area (Å²) >= 11 is 0. The van der Waals surface area contributed by atoms with Gasteiger partial charge < -0.3 is 14.5 Å². The number of furan rings is 1. The number of ether oxygens (including phenoxy) is 1. The molecule has 22 heavy (non-hydrogen) atoms. The van der Waals surface area contributed by atoms with Crippen LogP contribution in [0.25, 0.3) is 0 Å². The van der Waals surface area contributed by atoms with Gasteiger partial charge in [0.25, 0.3) is 5.91 Å². The molecule has 1 amide bonds. The van der Waals surface area contributed by atoms with Crippen LogP contribution >= 0.6 is 0 Å². The predicted octanol–water partition coefficient (Wildman–Crippen LogP) is 3.38. The van der Waals surface area contributed by atoms with Gasteiger partial charge in [-0.3, -0.25) is 4.79 Å². The molecule has 0 unspecified atom stereocenters. The third-order valence-electron chi connectivity index (χ3n) is 3.96. The Labute approximate surface area is 128 Å². The summed E-state index contributed by atoms with van der Waals surface area (Å²) in [6.45, 7) is 2.43. The number of carbonyl (C=O) groups excluding carboxylic acids is 1. The maximum absolute atomic E-state index is 13.1. The molecule has 1 aromatic heterocycles. The van der Waals surface area contributed by atoms with Gasteiger partial charge in [0.15, 0.2) is 0 Å². The summed E-state index contributed by atoms with van der Waals surface area (Å²) in [7, 11) is 0. The van der Waals surface area contributed by atoms with E-state index in [0.29, 0.717) is 17.9 Å². The molecule has 2 aromatic rings. The summed E-state index contributed by atoms with van der Waals surface area (Å²) in [4.78, 5) is 12.4. The van der Waals surface area contributed by atoms with Crippen LogP contribution < -0.4 is 5.32 Å². The van der Waals surface area contributed by atoms with Gasteiger partial charge in [-0.2, -0.15) is 0 Å². The number of amides is 1. The van der Waals surface area contributed by atoms with Gasteiger partial charge >= 0.3 is 0 Å². The summed E-state index contributed by atoms with van der Waals surface area (Å²) in [5, 5.41) is 2.99. The second-order valence-corrected chi connectivity index (χ2v) is 5.44. The zero-order valence-corrected chi connectivity index (χ0v) is 12.3. The second-order valence-electron chi connectivity index (χ2n) is 5.44. The molecule has 0 radical (unpaired) electrons. The fourth-order valence-corrected chi connectivity index (χ4v) is 2.77. The highest BCUT2D eigenvalue weighted by atomic mass is 19.1. The highest BCUT2D eigenvalue weighted by Crippen LogP contribution is 2.27. The SMILES string of the molecule is Cc1occc1C(=O)N[C@H](c1ccc(F)cc1)[C@@H]1CCCO1. The molecule has 4 nitrogen and oxygen atoms in total. The minimum atomic E-state index is -0.301. The summed E-state index contributed by atoms with van der Waals surface area (Å²) < 4.78 is 24.0. The molecule has 1 aliphatic heterocycles. The van der Waals surface area contributed by atoms with Crippen molar-refractivity contribution in [1.29, 1.82) is 0 Å².